The molecule has 2 amide bonds. The lowest BCUT2D eigenvalue weighted by molar-refractivity contribution is -0.132. The first-order valence-corrected chi connectivity index (χ1v) is 9.39. The number of hydrogen-bond acceptors (Lipinski definition) is 6. The van der Waals surface area contributed by atoms with E-state index in [0.717, 1.165) is 29.3 Å². The molecule has 0 spiro atoms. The van der Waals surface area contributed by atoms with Crippen molar-refractivity contribution in [2.24, 2.45) is 0 Å². The van der Waals surface area contributed by atoms with Gasteiger partial charge in [-0.25, -0.2) is 9.97 Å². The predicted molar refractivity (Wildman–Crippen MR) is 98.8 cm³/mol. The number of amides is 2. The first-order valence-electron chi connectivity index (χ1n) is 8.40. The zero-order valence-electron chi connectivity index (χ0n) is 14.3. The summed E-state index contributed by atoms with van der Waals surface area (Å²) in [6.45, 7) is 0.0692. The summed E-state index contributed by atoms with van der Waals surface area (Å²) >= 11 is 1.29. The number of carbonyl (C=O) groups is 2. The van der Waals surface area contributed by atoms with Crippen molar-refractivity contribution in [2.45, 2.75) is 23.9 Å². The number of hydrogen-bond donors (Lipinski definition) is 1. The number of likely N-dealkylation sites (N-methyl/N-ethyl adjacent to an activating group) is 1. The maximum atomic E-state index is 12.3. The third kappa shape index (κ3) is 3.50. The number of carbonyl (C=O) groups excluding carboxylic acids is 2. The summed E-state index contributed by atoms with van der Waals surface area (Å²) in [7, 11) is 1.63. The fraction of sp³-hybridized carbons (Fsp3) is 0.333. The summed E-state index contributed by atoms with van der Waals surface area (Å²) in [5, 5.41) is 4.42. The number of furan rings is 1. The Morgan fingerprint density at radius 3 is 2.92 bits per heavy atom. The van der Waals surface area contributed by atoms with Crippen molar-refractivity contribution in [3.8, 4) is 0 Å². The van der Waals surface area contributed by atoms with Gasteiger partial charge in [0.15, 0.2) is 5.58 Å². The fourth-order valence-corrected chi connectivity index (χ4v) is 3.52. The van der Waals surface area contributed by atoms with Crippen LogP contribution in [0.25, 0.3) is 22.1 Å². The molecule has 1 aromatic carbocycles. The second kappa shape index (κ2) is 6.95. The van der Waals surface area contributed by atoms with E-state index >= 15 is 0 Å². The Bertz CT molecular complexity index is 983. The van der Waals surface area contributed by atoms with Crippen LogP contribution in [0.5, 0.6) is 0 Å². The van der Waals surface area contributed by atoms with Gasteiger partial charge in [0, 0.05) is 18.5 Å². The van der Waals surface area contributed by atoms with Crippen molar-refractivity contribution in [1.82, 2.24) is 20.2 Å². The van der Waals surface area contributed by atoms with Crippen LogP contribution in [-0.2, 0) is 9.59 Å². The van der Waals surface area contributed by atoms with Gasteiger partial charge in [-0.05, 0) is 25.0 Å². The molecule has 0 radical (unpaired) electrons. The fourth-order valence-electron chi connectivity index (χ4n) is 2.65. The van der Waals surface area contributed by atoms with Crippen LogP contribution in [0.3, 0.4) is 0 Å². The Labute approximate surface area is 154 Å². The average molecular weight is 370 g/mol. The van der Waals surface area contributed by atoms with Gasteiger partial charge in [0.1, 0.15) is 22.5 Å². The highest BCUT2D eigenvalue weighted by atomic mass is 32.2. The van der Waals surface area contributed by atoms with Crippen molar-refractivity contribution < 1.29 is 14.0 Å². The van der Waals surface area contributed by atoms with Gasteiger partial charge in [-0.15, -0.1) is 0 Å². The van der Waals surface area contributed by atoms with E-state index in [1.165, 1.54) is 23.0 Å². The Hall–Kier alpha value is -2.61. The molecule has 0 bridgehead atoms. The second-order valence-corrected chi connectivity index (χ2v) is 7.30. The standard InChI is InChI=1S/C18H18N4O3S/c1-22(8-14(23)21-11-6-7-11)15(24)9-26-18-17-16(19-10-20-18)12-4-2-3-5-13(12)25-17/h2-5,10-11H,6-9H2,1H3,(H,21,23). The summed E-state index contributed by atoms with van der Waals surface area (Å²) in [5.41, 5.74) is 2.06. The first kappa shape index (κ1) is 16.8. The number of rotatable bonds is 6. The smallest absolute Gasteiger partial charge is 0.239 e. The van der Waals surface area contributed by atoms with Gasteiger partial charge in [0.25, 0.3) is 0 Å². The van der Waals surface area contributed by atoms with E-state index in [1.807, 2.05) is 24.3 Å². The molecular weight excluding hydrogens is 352 g/mol. The molecule has 2 aromatic heterocycles. The molecule has 0 atom stereocenters. The molecule has 0 saturated heterocycles. The molecule has 3 aromatic rings. The number of benzene rings is 1. The van der Waals surface area contributed by atoms with Gasteiger partial charge in [0.2, 0.25) is 11.8 Å². The van der Waals surface area contributed by atoms with Gasteiger partial charge < -0.3 is 14.6 Å². The summed E-state index contributed by atoms with van der Waals surface area (Å²) < 4.78 is 5.86. The van der Waals surface area contributed by atoms with E-state index in [0.29, 0.717) is 16.7 Å². The minimum absolute atomic E-state index is 0.0692. The Kier molecular flexibility index (Phi) is 4.50. The Balaban J connectivity index is 1.43. The van der Waals surface area contributed by atoms with Gasteiger partial charge in [0.05, 0.1) is 12.3 Å². The van der Waals surface area contributed by atoms with E-state index in [2.05, 4.69) is 15.3 Å². The van der Waals surface area contributed by atoms with Crippen LogP contribution in [-0.4, -0.2) is 52.1 Å². The zero-order chi connectivity index (χ0) is 18.1. The van der Waals surface area contributed by atoms with Gasteiger partial charge in [-0.3, -0.25) is 9.59 Å². The monoisotopic (exact) mass is 370 g/mol. The lowest BCUT2D eigenvalue weighted by Gasteiger charge is -2.16. The highest BCUT2D eigenvalue weighted by Gasteiger charge is 2.24. The average Bonchev–Trinajstić information content (AvgIpc) is 3.36. The zero-order valence-corrected chi connectivity index (χ0v) is 15.1. The molecule has 0 aliphatic heterocycles. The molecule has 8 heteroatoms. The molecule has 26 heavy (non-hydrogen) atoms. The van der Waals surface area contributed by atoms with Crippen molar-refractivity contribution in [1.29, 1.82) is 0 Å². The lowest BCUT2D eigenvalue weighted by Crippen LogP contribution is -2.39. The largest absolute Gasteiger partial charge is 0.451 e. The van der Waals surface area contributed by atoms with E-state index < -0.39 is 0 Å². The molecule has 1 aliphatic carbocycles. The van der Waals surface area contributed by atoms with Crippen LogP contribution in [0.2, 0.25) is 0 Å². The summed E-state index contributed by atoms with van der Waals surface area (Å²) in [6.07, 6.45) is 3.53. The molecule has 4 rings (SSSR count). The molecule has 134 valence electrons. The number of fused-ring (bicyclic) bond motifs is 3. The molecule has 2 heterocycles. The molecular formula is C18H18N4O3S. The van der Waals surface area contributed by atoms with Gasteiger partial charge in [-0.1, -0.05) is 23.9 Å². The van der Waals surface area contributed by atoms with Crippen LogP contribution in [0, 0.1) is 0 Å². The topological polar surface area (TPSA) is 88.3 Å². The van der Waals surface area contributed by atoms with E-state index in [9.17, 15) is 9.59 Å². The number of aromatic nitrogens is 2. The van der Waals surface area contributed by atoms with Crippen LogP contribution >= 0.6 is 11.8 Å². The van der Waals surface area contributed by atoms with Crippen LogP contribution in [0.1, 0.15) is 12.8 Å². The second-order valence-electron chi connectivity index (χ2n) is 6.34. The molecule has 1 N–H and O–H groups in total. The summed E-state index contributed by atoms with van der Waals surface area (Å²) in [5.74, 6) is -0.0741. The number of para-hydroxylation sites is 1. The van der Waals surface area contributed by atoms with Gasteiger partial charge in [-0.2, -0.15) is 0 Å². The molecule has 7 nitrogen and oxygen atoms in total. The van der Waals surface area contributed by atoms with E-state index in [4.69, 9.17) is 4.42 Å². The highest BCUT2D eigenvalue weighted by Crippen LogP contribution is 2.32. The normalized spacial score (nSPS) is 13.9. The molecule has 1 saturated carbocycles. The van der Waals surface area contributed by atoms with Crippen molar-refractivity contribution in [3.63, 3.8) is 0 Å². The predicted octanol–water partition coefficient (Wildman–Crippen LogP) is 2.21. The molecule has 0 unspecified atom stereocenters. The van der Waals surface area contributed by atoms with Crippen molar-refractivity contribution >= 4 is 45.6 Å². The SMILES string of the molecule is CN(CC(=O)NC1CC1)C(=O)CSc1ncnc2c1oc1ccccc12. The molecule has 1 aliphatic rings. The van der Waals surface area contributed by atoms with E-state index in [1.54, 1.807) is 7.05 Å². The van der Waals surface area contributed by atoms with Crippen molar-refractivity contribution in [2.75, 3.05) is 19.3 Å². The maximum absolute atomic E-state index is 12.3. The summed E-state index contributed by atoms with van der Waals surface area (Å²) in [6, 6.07) is 7.94. The third-order valence-corrected chi connectivity index (χ3v) is 5.16. The number of nitrogens with one attached hydrogen (secondary N) is 1. The van der Waals surface area contributed by atoms with Crippen LogP contribution < -0.4 is 5.32 Å². The van der Waals surface area contributed by atoms with Crippen LogP contribution in [0.4, 0.5) is 0 Å². The van der Waals surface area contributed by atoms with Crippen LogP contribution in [0.15, 0.2) is 40.0 Å². The minimum Gasteiger partial charge on any atom is -0.451 e. The number of thioether (sulfide) groups is 1. The number of nitrogens with zero attached hydrogens (tertiary/aromatic N) is 3. The first-order chi connectivity index (χ1) is 12.6. The Morgan fingerprint density at radius 1 is 1.31 bits per heavy atom. The quantitative estimate of drug-likeness (QED) is 0.529. The maximum Gasteiger partial charge on any atom is 0.239 e. The summed E-state index contributed by atoms with van der Waals surface area (Å²) in [4.78, 5) is 34.1. The lowest BCUT2D eigenvalue weighted by atomic mass is 10.2. The Morgan fingerprint density at radius 2 is 2.12 bits per heavy atom. The minimum atomic E-state index is -0.135. The van der Waals surface area contributed by atoms with Crippen molar-refractivity contribution in [3.05, 3.63) is 30.6 Å². The van der Waals surface area contributed by atoms with E-state index in [-0.39, 0.29) is 24.1 Å². The highest BCUT2D eigenvalue weighted by molar-refractivity contribution is 8.00. The third-order valence-electron chi connectivity index (χ3n) is 4.21. The van der Waals surface area contributed by atoms with Gasteiger partial charge >= 0.3 is 0 Å². The molecule has 1 fully saturated rings.